The highest BCUT2D eigenvalue weighted by molar-refractivity contribution is 7.99. The largest absolute Gasteiger partial charge is 0.467 e. The number of hydrogen-bond donors (Lipinski definition) is 0. The Morgan fingerprint density at radius 1 is 1.03 bits per heavy atom. The van der Waals surface area contributed by atoms with Crippen LogP contribution in [0.25, 0.3) is 23.0 Å². The van der Waals surface area contributed by atoms with Gasteiger partial charge in [-0.1, -0.05) is 37.3 Å². The number of rotatable bonds is 8. The van der Waals surface area contributed by atoms with Crippen LogP contribution in [0.2, 0.25) is 0 Å². The van der Waals surface area contributed by atoms with Crippen LogP contribution in [0.1, 0.15) is 31.6 Å². The maximum atomic E-state index is 13.6. The predicted molar refractivity (Wildman–Crippen MR) is 151 cm³/mol. The standard InChI is InChI=1S/C31H26N4O3S/c1-3-16-39-26-13-11-22(12-14-26)29-23(19-35(33-29)24-8-5-4-6-9-24)17-27-21(2)28(18-32)31(37)34(30(27)36)20-25-10-7-15-38-25/h4-15,17,19H,3,16,20H2,1-2H3/b27-17+. The zero-order valence-electron chi connectivity index (χ0n) is 21.6. The van der Waals surface area contributed by atoms with Gasteiger partial charge in [-0.25, -0.2) is 4.68 Å². The first-order valence-corrected chi connectivity index (χ1v) is 13.6. The van der Waals surface area contributed by atoms with Gasteiger partial charge in [0.1, 0.15) is 17.4 Å². The van der Waals surface area contributed by atoms with Crippen molar-refractivity contribution in [2.45, 2.75) is 31.7 Å². The van der Waals surface area contributed by atoms with E-state index in [0.717, 1.165) is 28.3 Å². The molecule has 0 atom stereocenters. The highest BCUT2D eigenvalue weighted by Gasteiger charge is 2.36. The van der Waals surface area contributed by atoms with E-state index in [1.54, 1.807) is 41.6 Å². The Bertz CT molecular complexity index is 1610. The van der Waals surface area contributed by atoms with E-state index in [2.05, 4.69) is 19.1 Å². The van der Waals surface area contributed by atoms with Crippen LogP contribution in [-0.2, 0) is 16.1 Å². The number of aromatic nitrogens is 2. The number of thioether (sulfide) groups is 1. The van der Waals surface area contributed by atoms with Crippen LogP contribution in [0.4, 0.5) is 0 Å². The van der Waals surface area contributed by atoms with E-state index in [4.69, 9.17) is 9.52 Å². The van der Waals surface area contributed by atoms with Gasteiger partial charge in [0.25, 0.3) is 11.8 Å². The van der Waals surface area contributed by atoms with Gasteiger partial charge in [0.05, 0.1) is 24.2 Å². The van der Waals surface area contributed by atoms with Gasteiger partial charge in [-0.15, -0.1) is 11.8 Å². The van der Waals surface area contributed by atoms with E-state index in [0.29, 0.717) is 22.6 Å². The van der Waals surface area contributed by atoms with Gasteiger partial charge < -0.3 is 4.42 Å². The molecule has 3 heterocycles. The smallest absolute Gasteiger partial charge is 0.272 e. The molecule has 1 aliphatic rings. The third kappa shape index (κ3) is 5.35. The van der Waals surface area contributed by atoms with Crippen molar-refractivity contribution in [3.8, 4) is 23.0 Å². The van der Waals surface area contributed by atoms with Gasteiger partial charge in [0.15, 0.2) is 0 Å². The molecule has 2 aromatic heterocycles. The van der Waals surface area contributed by atoms with E-state index in [1.165, 1.54) is 11.2 Å². The van der Waals surface area contributed by atoms with E-state index < -0.39 is 11.8 Å². The first-order valence-electron chi connectivity index (χ1n) is 12.6. The van der Waals surface area contributed by atoms with Crippen LogP contribution in [-0.4, -0.2) is 32.2 Å². The fraction of sp³-hybridized carbons (Fsp3) is 0.161. The predicted octanol–water partition coefficient (Wildman–Crippen LogP) is 6.43. The molecule has 0 saturated heterocycles. The van der Waals surface area contributed by atoms with Crippen LogP contribution in [0.5, 0.6) is 0 Å². The van der Waals surface area contributed by atoms with Crippen LogP contribution in [0, 0.1) is 11.3 Å². The zero-order valence-corrected chi connectivity index (χ0v) is 22.4. The molecule has 0 spiro atoms. The lowest BCUT2D eigenvalue weighted by molar-refractivity contribution is -0.141. The topological polar surface area (TPSA) is 92.1 Å². The zero-order chi connectivity index (χ0) is 27.4. The second-order valence-corrected chi connectivity index (χ2v) is 10.2. The fourth-order valence-corrected chi connectivity index (χ4v) is 5.11. The summed E-state index contributed by atoms with van der Waals surface area (Å²) in [4.78, 5) is 28.9. The van der Waals surface area contributed by atoms with Gasteiger partial charge in [0.2, 0.25) is 0 Å². The minimum Gasteiger partial charge on any atom is -0.467 e. The Balaban J connectivity index is 1.62. The molecule has 7 nitrogen and oxygen atoms in total. The first kappa shape index (κ1) is 26.0. The van der Waals surface area contributed by atoms with Crippen LogP contribution < -0.4 is 0 Å². The Morgan fingerprint density at radius 3 is 2.46 bits per heavy atom. The molecular weight excluding hydrogens is 508 g/mol. The summed E-state index contributed by atoms with van der Waals surface area (Å²) in [6.45, 7) is 3.72. The second kappa shape index (κ2) is 11.4. The van der Waals surface area contributed by atoms with Crippen molar-refractivity contribution >= 4 is 29.7 Å². The Kier molecular flexibility index (Phi) is 7.62. The number of amides is 2. The number of nitrogens with zero attached hydrogens (tertiary/aromatic N) is 4. The van der Waals surface area contributed by atoms with Crippen LogP contribution in [0.3, 0.4) is 0 Å². The number of imide groups is 1. The summed E-state index contributed by atoms with van der Waals surface area (Å²) in [5.74, 6) is 0.375. The van der Waals surface area contributed by atoms with Gasteiger partial charge in [-0.05, 0) is 67.1 Å². The summed E-state index contributed by atoms with van der Waals surface area (Å²) in [6, 6.07) is 23.3. The minimum atomic E-state index is -0.631. The lowest BCUT2D eigenvalue weighted by Crippen LogP contribution is -2.42. The molecule has 0 N–H and O–H groups in total. The van der Waals surface area contributed by atoms with Crippen molar-refractivity contribution in [2.75, 3.05) is 5.75 Å². The molecule has 0 aliphatic carbocycles. The monoisotopic (exact) mass is 534 g/mol. The Morgan fingerprint density at radius 2 is 1.79 bits per heavy atom. The number of para-hydroxylation sites is 1. The van der Waals surface area contributed by atoms with Gasteiger partial charge in [-0.3, -0.25) is 14.5 Å². The molecule has 4 aromatic rings. The van der Waals surface area contributed by atoms with Crippen LogP contribution >= 0.6 is 11.8 Å². The van der Waals surface area contributed by atoms with Crippen LogP contribution in [0.15, 0.2) is 105 Å². The Labute approximate surface area is 231 Å². The molecule has 2 amide bonds. The normalized spacial score (nSPS) is 14.8. The summed E-state index contributed by atoms with van der Waals surface area (Å²) >= 11 is 1.80. The molecule has 2 aromatic carbocycles. The second-order valence-electron chi connectivity index (χ2n) is 9.03. The van der Waals surface area contributed by atoms with Crippen molar-refractivity contribution in [3.63, 3.8) is 0 Å². The molecule has 0 unspecified atom stereocenters. The maximum Gasteiger partial charge on any atom is 0.272 e. The number of benzene rings is 2. The number of hydrogen-bond acceptors (Lipinski definition) is 6. The molecular formula is C31H26N4O3S. The number of carbonyl (C=O) groups is 2. The summed E-state index contributed by atoms with van der Waals surface area (Å²) in [6.07, 6.45) is 6.15. The highest BCUT2D eigenvalue weighted by Crippen LogP contribution is 2.32. The van der Waals surface area contributed by atoms with Crippen molar-refractivity contribution in [3.05, 3.63) is 107 Å². The summed E-state index contributed by atoms with van der Waals surface area (Å²) in [5.41, 5.74) is 3.68. The molecule has 0 saturated carbocycles. The lowest BCUT2D eigenvalue weighted by Gasteiger charge is -2.26. The average Bonchev–Trinajstić information content (AvgIpc) is 3.64. The third-order valence-electron chi connectivity index (χ3n) is 6.38. The van der Waals surface area contributed by atoms with Crippen molar-refractivity contribution in [1.29, 1.82) is 5.26 Å². The summed E-state index contributed by atoms with van der Waals surface area (Å²) < 4.78 is 7.13. The maximum absolute atomic E-state index is 13.6. The number of nitriles is 1. The van der Waals surface area contributed by atoms with Gasteiger partial charge >= 0.3 is 0 Å². The highest BCUT2D eigenvalue weighted by atomic mass is 32.2. The fourth-order valence-electron chi connectivity index (χ4n) is 4.35. The SMILES string of the molecule is CCCSc1ccc(-c2nn(-c3ccccc3)cc2/C=C2/C(=O)N(Cc3ccco3)C(=O)C(C#N)=C2C)cc1. The number of carbonyl (C=O) groups excluding carboxylic acids is 2. The van der Waals surface area contributed by atoms with E-state index in [9.17, 15) is 14.9 Å². The summed E-state index contributed by atoms with van der Waals surface area (Å²) in [5, 5.41) is 14.7. The lowest BCUT2D eigenvalue weighted by atomic mass is 9.93. The van der Waals surface area contributed by atoms with Crippen molar-refractivity contribution in [2.24, 2.45) is 0 Å². The van der Waals surface area contributed by atoms with E-state index in [-0.39, 0.29) is 17.7 Å². The first-order chi connectivity index (χ1) is 19.0. The average molecular weight is 535 g/mol. The molecule has 39 heavy (non-hydrogen) atoms. The third-order valence-corrected chi connectivity index (χ3v) is 7.60. The molecule has 5 rings (SSSR count). The van der Waals surface area contributed by atoms with Gasteiger partial charge in [0, 0.05) is 27.8 Å². The molecule has 194 valence electrons. The van der Waals surface area contributed by atoms with E-state index >= 15 is 0 Å². The molecule has 8 heteroatoms. The molecule has 0 bridgehead atoms. The molecule has 1 aliphatic heterocycles. The number of furan rings is 1. The Hall–Kier alpha value is -4.61. The van der Waals surface area contributed by atoms with E-state index in [1.807, 2.05) is 54.7 Å². The summed E-state index contributed by atoms with van der Waals surface area (Å²) in [7, 11) is 0. The van der Waals surface area contributed by atoms with Gasteiger partial charge in [-0.2, -0.15) is 10.4 Å². The quantitative estimate of drug-likeness (QED) is 0.147. The van der Waals surface area contributed by atoms with Crippen molar-refractivity contribution in [1.82, 2.24) is 14.7 Å². The van der Waals surface area contributed by atoms with Crippen molar-refractivity contribution < 1.29 is 14.0 Å². The minimum absolute atomic E-state index is 0.0620. The molecule has 0 fully saturated rings. The molecule has 0 radical (unpaired) electrons.